The van der Waals surface area contributed by atoms with E-state index in [1.807, 2.05) is 0 Å². The molecule has 1 aromatic carbocycles. The van der Waals surface area contributed by atoms with Crippen LogP contribution in [0.15, 0.2) is 29.2 Å². The first-order valence-electron chi connectivity index (χ1n) is 5.35. The number of sulfonamides is 1. The molecule has 1 unspecified atom stereocenters. The van der Waals surface area contributed by atoms with Crippen molar-refractivity contribution in [2.45, 2.75) is 30.7 Å². The molecule has 2 N–H and O–H groups in total. The van der Waals surface area contributed by atoms with Crippen LogP contribution in [-0.2, 0) is 14.8 Å². The highest BCUT2D eigenvalue weighted by Gasteiger charge is 2.20. The standard InChI is InChI=1S/C11H14FNO4S/c1-2-9(7-11(14)15)13-18(16,17)10-5-3-8(12)4-6-10/h3-6,9,13H,2,7H2,1H3,(H,14,15). The maximum absolute atomic E-state index is 12.7. The molecule has 0 bridgehead atoms. The first-order chi connectivity index (χ1) is 8.35. The summed E-state index contributed by atoms with van der Waals surface area (Å²) in [5.41, 5.74) is 0. The highest BCUT2D eigenvalue weighted by Crippen LogP contribution is 2.11. The largest absolute Gasteiger partial charge is 0.481 e. The number of carbonyl (C=O) groups is 1. The molecule has 0 spiro atoms. The molecule has 1 rings (SSSR count). The van der Waals surface area contributed by atoms with Crippen LogP contribution in [0.5, 0.6) is 0 Å². The Balaban J connectivity index is 2.86. The number of carboxylic acids is 1. The molecule has 0 radical (unpaired) electrons. The van der Waals surface area contributed by atoms with Gasteiger partial charge in [0.25, 0.3) is 0 Å². The molecule has 1 atom stereocenters. The van der Waals surface area contributed by atoms with E-state index < -0.39 is 27.9 Å². The van der Waals surface area contributed by atoms with Gasteiger partial charge in [0.1, 0.15) is 5.82 Å². The van der Waals surface area contributed by atoms with Crippen molar-refractivity contribution in [1.82, 2.24) is 4.72 Å². The number of rotatable bonds is 6. The molecule has 0 saturated heterocycles. The fourth-order valence-corrected chi connectivity index (χ4v) is 2.70. The molecular formula is C11H14FNO4S. The Kier molecular flexibility index (Phi) is 4.80. The Morgan fingerprint density at radius 1 is 1.39 bits per heavy atom. The Bertz CT molecular complexity index is 512. The predicted molar refractivity (Wildman–Crippen MR) is 63.1 cm³/mol. The molecule has 1 aromatic rings. The van der Waals surface area contributed by atoms with Crippen LogP contribution in [0.4, 0.5) is 4.39 Å². The number of hydrogen-bond acceptors (Lipinski definition) is 3. The number of benzene rings is 1. The van der Waals surface area contributed by atoms with Crippen LogP contribution >= 0.6 is 0 Å². The lowest BCUT2D eigenvalue weighted by Crippen LogP contribution is -2.36. The second kappa shape index (κ2) is 5.92. The number of carboxylic acid groups (broad SMARTS) is 1. The molecule has 0 aliphatic carbocycles. The number of aliphatic carboxylic acids is 1. The number of nitrogens with one attached hydrogen (secondary N) is 1. The van der Waals surface area contributed by atoms with E-state index in [4.69, 9.17) is 5.11 Å². The van der Waals surface area contributed by atoms with Crippen molar-refractivity contribution in [3.63, 3.8) is 0 Å². The third kappa shape index (κ3) is 4.08. The normalized spacial score (nSPS) is 13.2. The summed E-state index contributed by atoms with van der Waals surface area (Å²) in [7, 11) is -3.81. The average Bonchev–Trinajstić information content (AvgIpc) is 2.27. The van der Waals surface area contributed by atoms with Crippen molar-refractivity contribution in [3.05, 3.63) is 30.1 Å². The van der Waals surface area contributed by atoms with Crippen LogP contribution < -0.4 is 4.72 Å². The second-order valence-corrected chi connectivity index (χ2v) is 5.49. The van der Waals surface area contributed by atoms with Crippen molar-refractivity contribution < 1.29 is 22.7 Å². The van der Waals surface area contributed by atoms with E-state index in [1.165, 1.54) is 0 Å². The van der Waals surface area contributed by atoms with Gasteiger partial charge < -0.3 is 5.11 Å². The summed E-state index contributed by atoms with van der Waals surface area (Å²) in [5.74, 6) is -1.62. The molecular weight excluding hydrogens is 261 g/mol. The lowest BCUT2D eigenvalue weighted by Gasteiger charge is -2.14. The van der Waals surface area contributed by atoms with Gasteiger partial charge in [-0.15, -0.1) is 0 Å². The van der Waals surface area contributed by atoms with E-state index in [2.05, 4.69) is 4.72 Å². The number of halogens is 1. The minimum absolute atomic E-state index is 0.0901. The molecule has 0 saturated carbocycles. The van der Waals surface area contributed by atoms with E-state index in [-0.39, 0.29) is 11.3 Å². The van der Waals surface area contributed by atoms with Crippen molar-refractivity contribution in [2.24, 2.45) is 0 Å². The van der Waals surface area contributed by atoms with Gasteiger partial charge in [0, 0.05) is 6.04 Å². The Morgan fingerprint density at radius 3 is 2.39 bits per heavy atom. The molecule has 7 heteroatoms. The first-order valence-corrected chi connectivity index (χ1v) is 6.83. The maximum Gasteiger partial charge on any atom is 0.304 e. The molecule has 5 nitrogen and oxygen atoms in total. The van der Waals surface area contributed by atoms with E-state index in [9.17, 15) is 17.6 Å². The van der Waals surface area contributed by atoms with Crippen LogP contribution in [0.2, 0.25) is 0 Å². The van der Waals surface area contributed by atoms with E-state index in [0.717, 1.165) is 24.3 Å². The molecule has 0 heterocycles. The molecule has 0 fully saturated rings. The minimum Gasteiger partial charge on any atom is -0.481 e. The van der Waals surface area contributed by atoms with Gasteiger partial charge in [-0.3, -0.25) is 4.79 Å². The van der Waals surface area contributed by atoms with E-state index in [1.54, 1.807) is 6.92 Å². The van der Waals surface area contributed by atoms with E-state index >= 15 is 0 Å². The van der Waals surface area contributed by atoms with Crippen molar-refractivity contribution in [3.8, 4) is 0 Å². The zero-order chi connectivity index (χ0) is 13.8. The first kappa shape index (κ1) is 14.6. The fraction of sp³-hybridized carbons (Fsp3) is 0.364. The van der Waals surface area contributed by atoms with Crippen molar-refractivity contribution in [1.29, 1.82) is 0 Å². The SMILES string of the molecule is CCC(CC(=O)O)NS(=O)(=O)c1ccc(F)cc1. The van der Waals surface area contributed by atoms with Crippen LogP contribution in [0, 0.1) is 5.82 Å². The van der Waals surface area contributed by atoms with Gasteiger partial charge >= 0.3 is 5.97 Å². The Morgan fingerprint density at radius 2 is 1.94 bits per heavy atom. The second-order valence-electron chi connectivity index (χ2n) is 3.78. The highest BCUT2D eigenvalue weighted by molar-refractivity contribution is 7.89. The average molecular weight is 275 g/mol. The molecule has 0 aromatic heterocycles. The topological polar surface area (TPSA) is 83.5 Å². The monoisotopic (exact) mass is 275 g/mol. The fourth-order valence-electron chi connectivity index (χ4n) is 1.38. The maximum atomic E-state index is 12.7. The summed E-state index contributed by atoms with van der Waals surface area (Å²) >= 11 is 0. The summed E-state index contributed by atoms with van der Waals surface area (Å²) < 4.78 is 38.7. The van der Waals surface area contributed by atoms with Gasteiger partial charge in [-0.2, -0.15) is 0 Å². The zero-order valence-electron chi connectivity index (χ0n) is 9.76. The summed E-state index contributed by atoms with van der Waals surface area (Å²) in [6, 6.07) is 3.65. The number of hydrogen-bond donors (Lipinski definition) is 2. The van der Waals surface area contributed by atoms with Crippen LogP contribution in [0.25, 0.3) is 0 Å². The Labute approximate surface area is 105 Å². The van der Waals surface area contributed by atoms with Gasteiger partial charge in [0.05, 0.1) is 11.3 Å². The molecule has 100 valence electrons. The summed E-state index contributed by atoms with van der Waals surface area (Å²) in [6.45, 7) is 1.68. The van der Waals surface area contributed by atoms with E-state index in [0.29, 0.717) is 6.42 Å². The van der Waals surface area contributed by atoms with Gasteiger partial charge in [-0.25, -0.2) is 17.5 Å². The third-order valence-electron chi connectivity index (χ3n) is 2.36. The lowest BCUT2D eigenvalue weighted by atomic mass is 10.2. The molecule has 18 heavy (non-hydrogen) atoms. The van der Waals surface area contributed by atoms with Gasteiger partial charge in [0.2, 0.25) is 10.0 Å². The van der Waals surface area contributed by atoms with Gasteiger partial charge in [0.15, 0.2) is 0 Å². The smallest absolute Gasteiger partial charge is 0.304 e. The highest BCUT2D eigenvalue weighted by atomic mass is 32.2. The van der Waals surface area contributed by atoms with Gasteiger partial charge in [-0.1, -0.05) is 6.92 Å². The third-order valence-corrected chi connectivity index (χ3v) is 3.90. The summed E-state index contributed by atoms with van der Waals surface area (Å²) in [5, 5.41) is 8.63. The zero-order valence-corrected chi connectivity index (χ0v) is 10.6. The molecule has 0 aliphatic heterocycles. The van der Waals surface area contributed by atoms with Crippen LogP contribution in [0.3, 0.4) is 0 Å². The minimum atomic E-state index is -3.81. The quantitative estimate of drug-likeness (QED) is 0.821. The van der Waals surface area contributed by atoms with Crippen LogP contribution in [0.1, 0.15) is 19.8 Å². The predicted octanol–water partition coefficient (Wildman–Crippen LogP) is 1.36. The van der Waals surface area contributed by atoms with Crippen LogP contribution in [-0.4, -0.2) is 25.5 Å². The summed E-state index contributed by atoms with van der Waals surface area (Å²) in [6.07, 6.45) is 0.0592. The molecule has 0 aliphatic rings. The van der Waals surface area contributed by atoms with Crippen molar-refractivity contribution in [2.75, 3.05) is 0 Å². The van der Waals surface area contributed by atoms with Gasteiger partial charge in [-0.05, 0) is 30.7 Å². The lowest BCUT2D eigenvalue weighted by molar-refractivity contribution is -0.137. The summed E-state index contributed by atoms with van der Waals surface area (Å²) in [4.78, 5) is 10.5. The Hall–Kier alpha value is -1.47. The molecule has 0 amide bonds. The van der Waals surface area contributed by atoms with Crippen molar-refractivity contribution >= 4 is 16.0 Å².